The van der Waals surface area contributed by atoms with E-state index >= 15 is 0 Å². The molecule has 1 nitrogen and oxygen atoms in total. The van der Waals surface area contributed by atoms with Crippen LogP contribution in [0.4, 0.5) is 17.6 Å². The van der Waals surface area contributed by atoms with Crippen LogP contribution >= 0.6 is 0 Å². The summed E-state index contributed by atoms with van der Waals surface area (Å²) in [6.07, 6.45) is -2.62. The number of carbonyl (C=O) groups is 1. The van der Waals surface area contributed by atoms with Crippen molar-refractivity contribution in [2.75, 3.05) is 0 Å². The van der Waals surface area contributed by atoms with E-state index in [2.05, 4.69) is 0 Å². The van der Waals surface area contributed by atoms with Gasteiger partial charge >= 0.3 is 6.18 Å². The second-order valence-corrected chi connectivity index (χ2v) is 4.26. The van der Waals surface area contributed by atoms with E-state index in [9.17, 15) is 22.4 Å². The Balaban J connectivity index is 2.26. The summed E-state index contributed by atoms with van der Waals surface area (Å²) in [7, 11) is 0. The minimum atomic E-state index is -4.76. The van der Waals surface area contributed by atoms with Gasteiger partial charge in [-0.1, -0.05) is 0 Å². The molecule has 0 unspecified atom stereocenters. The average Bonchev–Trinajstić information content (AvgIpc) is 3.00. The number of hydrogen-bond donors (Lipinski definition) is 0. The molecule has 0 aromatic heterocycles. The molecular weight excluding hydrogens is 236 g/mol. The molecular formula is C12H10F4O. The van der Waals surface area contributed by atoms with E-state index in [0.717, 1.165) is 18.9 Å². The first kappa shape index (κ1) is 12.1. The van der Waals surface area contributed by atoms with Crippen molar-refractivity contribution < 1.29 is 22.4 Å². The lowest BCUT2D eigenvalue weighted by atomic mass is 10.0. The number of ketones is 1. The van der Waals surface area contributed by atoms with Gasteiger partial charge in [-0.3, -0.25) is 4.79 Å². The van der Waals surface area contributed by atoms with Gasteiger partial charge in [0.15, 0.2) is 5.78 Å². The van der Waals surface area contributed by atoms with Gasteiger partial charge in [-0.25, -0.2) is 4.39 Å². The van der Waals surface area contributed by atoms with Crippen molar-refractivity contribution in [3.05, 3.63) is 35.1 Å². The van der Waals surface area contributed by atoms with Crippen LogP contribution in [0.1, 0.15) is 35.2 Å². The largest absolute Gasteiger partial charge is 0.419 e. The lowest BCUT2D eigenvalue weighted by Gasteiger charge is -2.09. The Morgan fingerprint density at radius 2 is 1.94 bits per heavy atom. The first-order chi connectivity index (χ1) is 7.88. The van der Waals surface area contributed by atoms with Crippen molar-refractivity contribution in [2.45, 2.75) is 25.4 Å². The maximum absolute atomic E-state index is 13.0. The van der Waals surface area contributed by atoms with Crippen LogP contribution in [0.2, 0.25) is 0 Å². The third-order valence-electron chi connectivity index (χ3n) is 2.76. The molecule has 0 radical (unpaired) electrons. The lowest BCUT2D eigenvalue weighted by molar-refractivity contribution is -0.140. The number of benzene rings is 1. The minimum Gasteiger partial charge on any atom is -0.294 e. The van der Waals surface area contributed by atoms with Crippen molar-refractivity contribution in [1.29, 1.82) is 0 Å². The van der Waals surface area contributed by atoms with E-state index < -0.39 is 17.6 Å². The van der Waals surface area contributed by atoms with Gasteiger partial charge in [0.1, 0.15) is 5.82 Å². The molecule has 0 amide bonds. The van der Waals surface area contributed by atoms with Crippen LogP contribution in [0.25, 0.3) is 0 Å². The number of carbonyl (C=O) groups excluding carboxylic acids is 1. The quantitative estimate of drug-likeness (QED) is 0.585. The lowest BCUT2D eigenvalue weighted by Crippen LogP contribution is -2.10. The van der Waals surface area contributed by atoms with Crippen LogP contribution < -0.4 is 0 Å². The van der Waals surface area contributed by atoms with Crippen molar-refractivity contribution in [3.63, 3.8) is 0 Å². The fourth-order valence-electron chi connectivity index (χ4n) is 1.62. The van der Waals surface area contributed by atoms with Gasteiger partial charge in [-0.15, -0.1) is 0 Å². The maximum atomic E-state index is 13.0. The van der Waals surface area contributed by atoms with E-state index in [4.69, 9.17) is 0 Å². The van der Waals surface area contributed by atoms with E-state index in [1.54, 1.807) is 0 Å². The Morgan fingerprint density at radius 3 is 2.47 bits per heavy atom. The predicted molar refractivity (Wildman–Crippen MR) is 53.1 cm³/mol. The summed E-state index contributed by atoms with van der Waals surface area (Å²) < 4.78 is 50.2. The van der Waals surface area contributed by atoms with Crippen LogP contribution in [-0.2, 0) is 6.18 Å². The Kier molecular flexibility index (Phi) is 2.93. The van der Waals surface area contributed by atoms with E-state index in [0.29, 0.717) is 18.1 Å². The molecule has 5 heteroatoms. The van der Waals surface area contributed by atoms with Crippen molar-refractivity contribution in [3.8, 4) is 0 Å². The molecule has 0 aliphatic heterocycles. The van der Waals surface area contributed by atoms with Gasteiger partial charge in [-0.05, 0) is 37.0 Å². The Bertz CT molecular complexity index is 446. The molecule has 0 bridgehead atoms. The van der Waals surface area contributed by atoms with Gasteiger partial charge in [0, 0.05) is 12.0 Å². The van der Waals surface area contributed by atoms with Gasteiger partial charge in [0.2, 0.25) is 0 Å². The molecule has 1 aromatic rings. The van der Waals surface area contributed by atoms with Crippen LogP contribution in [-0.4, -0.2) is 5.78 Å². The molecule has 1 fully saturated rings. The van der Waals surface area contributed by atoms with Crippen LogP contribution in [0.3, 0.4) is 0 Å². The molecule has 1 aromatic carbocycles. The molecule has 2 rings (SSSR count). The monoisotopic (exact) mass is 246 g/mol. The smallest absolute Gasteiger partial charge is 0.294 e. The molecule has 0 saturated heterocycles. The normalized spacial score (nSPS) is 16.0. The topological polar surface area (TPSA) is 17.1 Å². The molecule has 17 heavy (non-hydrogen) atoms. The summed E-state index contributed by atoms with van der Waals surface area (Å²) in [5.74, 6) is -1.40. The van der Waals surface area contributed by atoms with Crippen molar-refractivity contribution in [2.24, 2.45) is 5.92 Å². The van der Waals surface area contributed by atoms with Gasteiger partial charge in [0.05, 0.1) is 5.56 Å². The zero-order valence-corrected chi connectivity index (χ0v) is 8.85. The van der Waals surface area contributed by atoms with Crippen molar-refractivity contribution >= 4 is 5.78 Å². The van der Waals surface area contributed by atoms with Crippen molar-refractivity contribution in [1.82, 2.24) is 0 Å². The first-order valence-electron chi connectivity index (χ1n) is 5.28. The minimum absolute atomic E-state index is 0.0642. The third kappa shape index (κ3) is 2.84. The van der Waals surface area contributed by atoms with Crippen LogP contribution in [0.15, 0.2) is 18.2 Å². The summed E-state index contributed by atoms with van der Waals surface area (Å²) in [4.78, 5) is 11.6. The summed E-state index contributed by atoms with van der Waals surface area (Å²) in [5.41, 5.74) is -1.44. The van der Waals surface area contributed by atoms with E-state index in [1.807, 2.05) is 0 Å². The fourth-order valence-corrected chi connectivity index (χ4v) is 1.62. The fraction of sp³-hybridized carbons (Fsp3) is 0.417. The Hall–Kier alpha value is -1.39. The van der Waals surface area contributed by atoms with E-state index in [1.165, 1.54) is 0 Å². The average molecular weight is 246 g/mol. The molecule has 0 N–H and O–H groups in total. The SMILES string of the molecule is O=C(CC1CC1)c1ccc(F)c(C(F)(F)F)c1. The first-order valence-corrected chi connectivity index (χ1v) is 5.28. The highest BCUT2D eigenvalue weighted by atomic mass is 19.4. The second kappa shape index (κ2) is 4.13. The highest BCUT2D eigenvalue weighted by molar-refractivity contribution is 5.96. The Morgan fingerprint density at radius 1 is 1.29 bits per heavy atom. The third-order valence-corrected chi connectivity index (χ3v) is 2.76. The van der Waals surface area contributed by atoms with Gasteiger partial charge in [-0.2, -0.15) is 13.2 Å². The molecule has 92 valence electrons. The number of alkyl halides is 3. The number of rotatable bonds is 3. The number of halogens is 4. The van der Waals surface area contributed by atoms with Gasteiger partial charge in [0.25, 0.3) is 0 Å². The standard InChI is InChI=1S/C12H10F4O/c13-10-4-3-8(6-9(10)12(14,15)16)11(17)5-7-1-2-7/h3-4,6-7H,1-2,5H2. The Labute approximate surface area is 95.4 Å². The molecule has 1 aliphatic carbocycles. The molecule has 1 saturated carbocycles. The number of hydrogen-bond acceptors (Lipinski definition) is 1. The summed E-state index contributed by atoms with van der Waals surface area (Å²) in [6.45, 7) is 0. The van der Waals surface area contributed by atoms with Crippen LogP contribution in [0.5, 0.6) is 0 Å². The molecule has 1 aliphatic rings. The maximum Gasteiger partial charge on any atom is 0.419 e. The zero-order chi connectivity index (χ0) is 12.6. The highest BCUT2D eigenvalue weighted by Crippen LogP contribution is 2.35. The predicted octanol–water partition coefficient (Wildman–Crippen LogP) is 3.83. The molecule has 0 spiro atoms. The zero-order valence-electron chi connectivity index (χ0n) is 8.85. The summed E-state index contributed by atoms with van der Waals surface area (Å²) >= 11 is 0. The molecule has 0 heterocycles. The number of Topliss-reactive ketones (excluding diaryl/α,β-unsaturated/α-hetero) is 1. The summed E-state index contributed by atoms with van der Waals surface area (Å²) in [6, 6.07) is 2.40. The molecule has 0 atom stereocenters. The second-order valence-electron chi connectivity index (χ2n) is 4.26. The van der Waals surface area contributed by atoms with E-state index in [-0.39, 0.29) is 17.8 Å². The van der Waals surface area contributed by atoms with Crippen LogP contribution in [0, 0.1) is 11.7 Å². The summed E-state index contributed by atoms with van der Waals surface area (Å²) in [5, 5.41) is 0. The highest BCUT2D eigenvalue weighted by Gasteiger charge is 2.35. The van der Waals surface area contributed by atoms with Gasteiger partial charge < -0.3 is 0 Å².